The van der Waals surface area contributed by atoms with Crippen LogP contribution in [-0.4, -0.2) is 45.9 Å². The van der Waals surface area contributed by atoms with Crippen LogP contribution in [-0.2, 0) is 14.4 Å². The summed E-state index contributed by atoms with van der Waals surface area (Å²) < 4.78 is 0. The molecule has 0 bridgehead atoms. The van der Waals surface area contributed by atoms with E-state index in [2.05, 4.69) is 5.32 Å². The van der Waals surface area contributed by atoms with Crippen LogP contribution in [0.2, 0.25) is 0 Å². The van der Waals surface area contributed by atoms with Crippen LogP contribution in [0.3, 0.4) is 0 Å². The lowest BCUT2D eigenvalue weighted by Crippen LogP contribution is -2.53. The number of rotatable bonds is 4. The Hall–Kier alpha value is -1.59. The maximum atomic E-state index is 12.3. The molecule has 0 saturated carbocycles. The molecule has 1 aliphatic heterocycles. The summed E-state index contributed by atoms with van der Waals surface area (Å²) in [6, 6.07) is -0.509. The van der Waals surface area contributed by atoms with Crippen LogP contribution in [0.15, 0.2) is 0 Å². The molecule has 1 fully saturated rings. The fraction of sp³-hybridized carbons (Fsp3) is 0.750. The maximum Gasteiger partial charge on any atom is 0.305 e. The van der Waals surface area contributed by atoms with Crippen molar-refractivity contribution in [1.29, 1.82) is 0 Å². The highest BCUT2D eigenvalue weighted by molar-refractivity contribution is 5.91. The zero-order valence-electron chi connectivity index (χ0n) is 11.0. The predicted molar refractivity (Wildman–Crippen MR) is 64.9 cm³/mol. The molecule has 1 aliphatic rings. The van der Waals surface area contributed by atoms with Crippen molar-refractivity contribution >= 4 is 17.8 Å². The number of carbonyl (C=O) groups excluding carboxylic acids is 2. The molecule has 18 heavy (non-hydrogen) atoms. The largest absolute Gasteiger partial charge is 0.481 e. The third-order valence-corrected chi connectivity index (χ3v) is 2.92. The zero-order chi connectivity index (χ0) is 13.9. The lowest BCUT2D eigenvalue weighted by molar-refractivity contribution is -0.142. The van der Waals surface area contributed by atoms with E-state index in [1.165, 1.54) is 4.90 Å². The van der Waals surface area contributed by atoms with Crippen LogP contribution in [0.25, 0.3) is 0 Å². The molecule has 0 aromatic heterocycles. The molecule has 2 amide bonds. The molecule has 102 valence electrons. The van der Waals surface area contributed by atoms with Crippen molar-refractivity contribution in [1.82, 2.24) is 10.2 Å². The van der Waals surface area contributed by atoms with Gasteiger partial charge in [0.05, 0.1) is 6.42 Å². The van der Waals surface area contributed by atoms with E-state index in [-0.39, 0.29) is 24.8 Å². The number of hydrogen-bond donors (Lipinski definition) is 2. The van der Waals surface area contributed by atoms with Crippen molar-refractivity contribution in [3.05, 3.63) is 0 Å². The monoisotopic (exact) mass is 256 g/mol. The van der Waals surface area contributed by atoms with Gasteiger partial charge >= 0.3 is 5.97 Å². The molecule has 0 aliphatic carbocycles. The second kappa shape index (κ2) is 5.37. The second-order valence-corrected chi connectivity index (χ2v) is 5.46. The molecule has 0 aromatic rings. The summed E-state index contributed by atoms with van der Waals surface area (Å²) in [6.07, 6.45) is 0.744. The minimum atomic E-state index is -0.937. The first-order valence-electron chi connectivity index (χ1n) is 6.04. The van der Waals surface area contributed by atoms with Crippen LogP contribution in [0.1, 0.15) is 40.0 Å². The first kappa shape index (κ1) is 14.5. The normalized spacial score (nSPS) is 19.5. The summed E-state index contributed by atoms with van der Waals surface area (Å²) >= 11 is 0. The first-order chi connectivity index (χ1) is 8.21. The van der Waals surface area contributed by atoms with Gasteiger partial charge in [-0.05, 0) is 27.2 Å². The molecular formula is C12H20N2O4. The Morgan fingerprint density at radius 3 is 2.44 bits per heavy atom. The van der Waals surface area contributed by atoms with Gasteiger partial charge in [-0.25, -0.2) is 0 Å². The number of hydrogen-bond acceptors (Lipinski definition) is 3. The Morgan fingerprint density at radius 2 is 2.06 bits per heavy atom. The molecule has 1 atom stereocenters. The zero-order valence-corrected chi connectivity index (χ0v) is 11.0. The van der Waals surface area contributed by atoms with Crippen molar-refractivity contribution < 1.29 is 19.5 Å². The number of aliphatic carboxylic acids is 1. The highest BCUT2D eigenvalue weighted by atomic mass is 16.4. The van der Waals surface area contributed by atoms with Crippen LogP contribution in [0.5, 0.6) is 0 Å². The Morgan fingerprint density at radius 1 is 1.44 bits per heavy atom. The van der Waals surface area contributed by atoms with Gasteiger partial charge in [-0.3, -0.25) is 14.4 Å². The molecule has 1 saturated heterocycles. The predicted octanol–water partition coefficient (Wildman–Crippen LogP) is 0.367. The van der Waals surface area contributed by atoms with Crippen molar-refractivity contribution in [3.63, 3.8) is 0 Å². The molecule has 1 rings (SSSR count). The molecular weight excluding hydrogens is 236 g/mol. The van der Waals surface area contributed by atoms with E-state index in [1.807, 2.05) is 20.8 Å². The molecule has 0 unspecified atom stereocenters. The Bertz CT molecular complexity index is 360. The van der Waals surface area contributed by atoms with Gasteiger partial charge in [-0.2, -0.15) is 0 Å². The third kappa shape index (κ3) is 3.72. The molecule has 0 radical (unpaired) electrons. The number of carbonyl (C=O) groups is 3. The highest BCUT2D eigenvalue weighted by Gasteiger charge is 2.35. The van der Waals surface area contributed by atoms with Gasteiger partial charge in [-0.15, -0.1) is 0 Å². The fourth-order valence-corrected chi connectivity index (χ4v) is 1.97. The lowest BCUT2D eigenvalue weighted by atomic mass is 10.0. The summed E-state index contributed by atoms with van der Waals surface area (Å²) in [5, 5.41) is 11.3. The van der Waals surface area contributed by atoms with E-state index < -0.39 is 17.6 Å². The van der Waals surface area contributed by atoms with E-state index in [1.54, 1.807) is 0 Å². The van der Waals surface area contributed by atoms with E-state index in [0.29, 0.717) is 12.8 Å². The van der Waals surface area contributed by atoms with Crippen molar-refractivity contribution in [2.75, 3.05) is 6.54 Å². The summed E-state index contributed by atoms with van der Waals surface area (Å²) in [5.41, 5.74) is -0.458. The Labute approximate surface area is 106 Å². The number of nitrogens with one attached hydrogen (secondary N) is 1. The lowest BCUT2D eigenvalue weighted by Gasteiger charge is -2.37. The van der Waals surface area contributed by atoms with Gasteiger partial charge in [0.1, 0.15) is 6.04 Å². The van der Waals surface area contributed by atoms with Crippen LogP contribution in [0.4, 0.5) is 0 Å². The SMILES string of the molecule is CC(C)(C)N(CCC(=O)O)C(=O)[C@H]1CCC(=O)N1. The third-order valence-electron chi connectivity index (χ3n) is 2.92. The number of carboxylic acid groups (broad SMARTS) is 1. The van der Waals surface area contributed by atoms with Gasteiger partial charge in [0.15, 0.2) is 0 Å². The van der Waals surface area contributed by atoms with Crippen LogP contribution >= 0.6 is 0 Å². The first-order valence-corrected chi connectivity index (χ1v) is 6.04. The van der Waals surface area contributed by atoms with Gasteiger partial charge in [0.2, 0.25) is 11.8 Å². The van der Waals surface area contributed by atoms with E-state index in [4.69, 9.17) is 5.11 Å². The average molecular weight is 256 g/mol. The molecule has 0 spiro atoms. The van der Waals surface area contributed by atoms with E-state index in [9.17, 15) is 14.4 Å². The van der Waals surface area contributed by atoms with Crippen molar-refractivity contribution in [2.45, 2.75) is 51.6 Å². The fourth-order valence-electron chi connectivity index (χ4n) is 1.97. The van der Waals surface area contributed by atoms with Gasteiger partial charge < -0.3 is 15.3 Å². The summed E-state index contributed by atoms with van der Waals surface area (Å²) in [7, 11) is 0. The van der Waals surface area contributed by atoms with Crippen LogP contribution < -0.4 is 5.32 Å². The van der Waals surface area contributed by atoms with Crippen molar-refractivity contribution in [2.24, 2.45) is 0 Å². The summed E-state index contributed by atoms with van der Waals surface area (Å²) in [6.45, 7) is 5.71. The molecule has 6 nitrogen and oxygen atoms in total. The number of amides is 2. The average Bonchev–Trinajstić information content (AvgIpc) is 2.62. The number of nitrogens with zero attached hydrogens (tertiary/aromatic N) is 1. The topological polar surface area (TPSA) is 86.7 Å². The van der Waals surface area contributed by atoms with Gasteiger partial charge in [0.25, 0.3) is 0 Å². The van der Waals surface area contributed by atoms with E-state index in [0.717, 1.165) is 0 Å². The molecule has 1 heterocycles. The van der Waals surface area contributed by atoms with Gasteiger partial charge in [0, 0.05) is 18.5 Å². The standard InChI is InChI=1S/C12H20N2O4/c1-12(2,3)14(7-6-10(16)17)11(18)8-4-5-9(15)13-8/h8H,4-7H2,1-3H3,(H,13,15)(H,16,17)/t8-/m1/s1. The van der Waals surface area contributed by atoms with Crippen LogP contribution in [0, 0.1) is 0 Å². The smallest absolute Gasteiger partial charge is 0.305 e. The number of carboxylic acids is 1. The van der Waals surface area contributed by atoms with E-state index >= 15 is 0 Å². The maximum absolute atomic E-state index is 12.3. The second-order valence-electron chi connectivity index (χ2n) is 5.46. The Balaban J connectivity index is 2.73. The minimum absolute atomic E-state index is 0.0936. The highest BCUT2D eigenvalue weighted by Crippen LogP contribution is 2.18. The quantitative estimate of drug-likeness (QED) is 0.760. The van der Waals surface area contributed by atoms with Gasteiger partial charge in [-0.1, -0.05) is 0 Å². The van der Waals surface area contributed by atoms with Crippen molar-refractivity contribution in [3.8, 4) is 0 Å². The molecule has 6 heteroatoms. The Kier molecular flexibility index (Phi) is 4.32. The summed E-state index contributed by atoms with van der Waals surface area (Å²) in [4.78, 5) is 35.5. The molecule has 2 N–H and O–H groups in total. The minimum Gasteiger partial charge on any atom is -0.481 e. The molecule has 0 aromatic carbocycles. The summed E-state index contributed by atoms with van der Waals surface area (Å²) in [5.74, 6) is -1.26.